The number of esters is 1. The van der Waals surface area contributed by atoms with E-state index in [0.29, 0.717) is 17.4 Å². The van der Waals surface area contributed by atoms with Gasteiger partial charge >= 0.3 is 5.97 Å². The molecule has 0 rings (SSSR count). The summed E-state index contributed by atoms with van der Waals surface area (Å²) >= 11 is 0. The van der Waals surface area contributed by atoms with Gasteiger partial charge in [0.1, 0.15) is 19.3 Å². The van der Waals surface area contributed by atoms with Gasteiger partial charge in [-0.2, -0.15) is 0 Å². The van der Waals surface area contributed by atoms with Gasteiger partial charge in [0.25, 0.3) is 7.82 Å². The molecule has 0 fully saturated rings. The van der Waals surface area contributed by atoms with Gasteiger partial charge in [0.05, 0.1) is 33.8 Å². The predicted octanol–water partition coefficient (Wildman–Crippen LogP) is 24.7. The van der Waals surface area contributed by atoms with Crippen LogP contribution in [-0.4, -0.2) is 69.4 Å². The Bertz CT molecular complexity index is 1610. The molecule has 0 aliphatic carbocycles. The van der Waals surface area contributed by atoms with E-state index in [4.69, 9.17) is 13.8 Å². The molecule has 0 aliphatic heterocycles. The van der Waals surface area contributed by atoms with Crippen molar-refractivity contribution in [2.75, 3.05) is 40.9 Å². The normalized spacial score (nSPS) is 13.6. The number of allylic oxidation sites excluding steroid dienone is 5. The number of carbonyl (C=O) groups excluding carboxylic acids is 2. The molecule has 1 amide bonds. The van der Waals surface area contributed by atoms with Crippen LogP contribution >= 0.6 is 7.82 Å². The number of likely N-dealkylation sites (N-methyl/N-ethyl adjacent to an activating group) is 1. The van der Waals surface area contributed by atoms with E-state index in [1.807, 2.05) is 33.3 Å². The Morgan fingerprint density at radius 1 is 0.393 bits per heavy atom. The van der Waals surface area contributed by atoms with Gasteiger partial charge in [-0.1, -0.05) is 366 Å². The van der Waals surface area contributed by atoms with Gasteiger partial charge in [0.15, 0.2) is 0 Å². The topological polar surface area (TPSA) is 114 Å². The third kappa shape index (κ3) is 70.4. The first kappa shape index (κ1) is 87.2. The second-order valence-electron chi connectivity index (χ2n) is 28.2. The van der Waals surface area contributed by atoms with Crippen LogP contribution < -0.4 is 10.2 Å². The highest BCUT2D eigenvalue weighted by molar-refractivity contribution is 7.45. The highest BCUT2D eigenvalue weighted by Crippen LogP contribution is 2.38. The molecule has 0 saturated carbocycles. The maximum atomic E-state index is 13.6. The number of amides is 1. The summed E-state index contributed by atoms with van der Waals surface area (Å²) in [7, 11) is 1.21. The summed E-state index contributed by atoms with van der Waals surface area (Å²) in [4.78, 5) is 40.3. The Labute approximate surface area is 555 Å². The quantitative estimate of drug-likeness (QED) is 0.0212. The van der Waals surface area contributed by atoms with Gasteiger partial charge in [0.2, 0.25) is 5.91 Å². The second-order valence-corrected chi connectivity index (χ2v) is 29.6. The molecule has 10 heteroatoms. The first-order valence-corrected chi connectivity index (χ1v) is 40.8. The minimum absolute atomic E-state index is 0.0187. The Hall–Kier alpha value is -1.77. The molecule has 0 heterocycles. The smallest absolute Gasteiger partial charge is 0.306 e. The van der Waals surface area contributed by atoms with Crippen LogP contribution in [0.1, 0.15) is 406 Å². The number of phosphoric acid groups is 1. The summed E-state index contributed by atoms with van der Waals surface area (Å²) in [6, 6.07) is -0.885. The molecule has 0 radical (unpaired) electrons. The van der Waals surface area contributed by atoms with Crippen LogP contribution in [0.3, 0.4) is 0 Å². The van der Waals surface area contributed by atoms with Crippen LogP contribution in [-0.2, 0) is 27.9 Å². The van der Waals surface area contributed by atoms with E-state index >= 15 is 0 Å². The SMILES string of the molecule is CCCCC/C=C\C/C=C\CCCCCCCCCCCCCCCCCC(=O)OC(/C=C/CCCCCCCCCCC)C(COP(=O)([O-])OCC[N+](C)(C)C)NC(=O)CCCCCCCCCCCCCCCCCCCCCCCCCCCCC. The number of nitrogens with one attached hydrogen (secondary N) is 1. The van der Waals surface area contributed by atoms with Gasteiger partial charge in [-0.15, -0.1) is 0 Å². The van der Waals surface area contributed by atoms with Crippen molar-refractivity contribution in [1.82, 2.24) is 5.32 Å². The lowest BCUT2D eigenvalue weighted by molar-refractivity contribution is -0.870. The minimum Gasteiger partial charge on any atom is -0.756 e. The van der Waals surface area contributed by atoms with Gasteiger partial charge in [-0.3, -0.25) is 14.2 Å². The van der Waals surface area contributed by atoms with Crippen LogP contribution in [0.5, 0.6) is 0 Å². The fraction of sp³-hybridized carbons (Fsp3) is 0.899. The van der Waals surface area contributed by atoms with Crippen molar-refractivity contribution >= 4 is 19.7 Å². The molecule has 0 aliphatic rings. The molecule has 0 spiro atoms. The standard InChI is InChI=1S/C79H153N2O7P/c1-7-10-13-16-19-22-25-27-29-31-33-35-37-39-40-42-43-45-47-49-51-53-56-59-62-65-68-71-78(82)80-76(75-87-89(84,85)86-74-73-81(4,5)6)77(70-67-64-61-58-55-24-21-18-15-12-9-3)88-79(83)72-69-66-63-60-57-54-52-50-48-46-44-41-38-36-34-32-30-28-26-23-20-17-14-11-8-2/h20,23,28,30,67,70,76-77H,7-19,21-22,24-27,29,31-66,68-69,71-75H2,1-6H3,(H-,80,82,84,85)/b23-20-,30-28-,70-67+. The Balaban J connectivity index is 4.85. The molecule has 89 heavy (non-hydrogen) atoms. The first-order valence-electron chi connectivity index (χ1n) is 39.3. The number of unbranched alkanes of at least 4 members (excludes halogenated alkanes) is 53. The number of quaternary nitrogens is 1. The van der Waals surface area contributed by atoms with Gasteiger partial charge < -0.3 is 28.5 Å². The average molecular weight is 1270 g/mol. The van der Waals surface area contributed by atoms with Crippen molar-refractivity contribution in [2.45, 2.75) is 418 Å². The van der Waals surface area contributed by atoms with E-state index < -0.39 is 20.0 Å². The van der Waals surface area contributed by atoms with Crippen LogP contribution in [0.2, 0.25) is 0 Å². The maximum absolute atomic E-state index is 13.6. The molecule has 3 atom stereocenters. The van der Waals surface area contributed by atoms with Crippen molar-refractivity contribution in [3.8, 4) is 0 Å². The van der Waals surface area contributed by atoms with Crippen molar-refractivity contribution in [3.63, 3.8) is 0 Å². The van der Waals surface area contributed by atoms with Crippen LogP contribution in [0, 0.1) is 0 Å². The number of carbonyl (C=O) groups is 2. The number of hydrogen-bond acceptors (Lipinski definition) is 7. The number of ether oxygens (including phenoxy) is 1. The lowest BCUT2D eigenvalue weighted by atomic mass is 10.0. The highest BCUT2D eigenvalue weighted by atomic mass is 31.2. The van der Waals surface area contributed by atoms with Gasteiger partial charge in [0, 0.05) is 12.8 Å². The lowest BCUT2D eigenvalue weighted by Gasteiger charge is -2.30. The minimum atomic E-state index is -4.70. The van der Waals surface area contributed by atoms with Crippen LogP contribution in [0.25, 0.3) is 0 Å². The van der Waals surface area contributed by atoms with Gasteiger partial charge in [-0.05, 0) is 63.9 Å². The molecule has 0 aromatic carbocycles. The molecule has 9 nitrogen and oxygen atoms in total. The highest BCUT2D eigenvalue weighted by Gasteiger charge is 2.27. The van der Waals surface area contributed by atoms with E-state index in [1.54, 1.807) is 0 Å². The second kappa shape index (κ2) is 69.1. The molecule has 1 N–H and O–H groups in total. The molecule has 0 bridgehead atoms. The number of rotatable bonds is 73. The van der Waals surface area contributed by atoms with Crippen LogP contribution in [0.15, 0.2) is 36.5 Å². The fourth-order valence-corrected chi connectivity index (χ4v) is 12.8. The van der Waals surface area contributed by atoms with E-state index in [9.17, 15) is 19.0 Å². The monoisotopic (exact) mass is 1270 g/mol. The Morgan fingerprint density at radius 3 is 1.03 bits per heavy atom. The van der Waals surface area contributed by atoms with Crippen LogP contribution in [0.4, 0.5) is 0 Å². The molecule has 3 unspecified atom stereocenters. The molecular weight excluding hydrogens is 1120 g/mol. The number of nitrogens with zero attached hydrogens (tertiary/aromatic N) is 1. The third-order valence-corrected chi connectivity index (χ3v) is 19.0. The fourth-order valence-electron chi connectivity index (χ4n) is 12.0. The van der Waals surface area contributed by atoms with E-state index in [0.717, 1.165) is 64.2 Å². The summed E-state index contributed by atoms with van der Waals surface area (Å²) in [6.45, 7) is 6.89. The average Bonchev–Trinajstić information content (AvgIpc) is 3.64. The zero-order chi connectivity index (χ0) is 64.9. The summed E-state index contributed by atoms with van der Waals surface area (Å²) in [6.07, 6.45) is 87.3. The van der Waals surface area contributed by atoms with Gasteiger partial charge in [-0.25, -0.2) is 0 Å². The lowest BCUT2D eigenvalue weighted by Crippen LogP contribution is -2.47. The zero-order valence-electron chi connectivity index (χ0n) is 60.4. The molecule has 0 saturated heterocycles. The van der Waals surface area contributed by atoms with E-state index in [2.05, 4.69) is 50.4 Å². The number of phosphoric ester groups is 1. The predicted molar refractivity (Wildman–Crippen MR) is 386 cm³/mol. The third-order valence-electron chi connectivity index (χ3n) is 18.1. The van der Waals surface area contributed by atoms with E-state index in [-0.39, 0.29) is 31.5 Å². The molecule has 526 valence electrons. The Kier molecular flexibility index (Phi) is 67.7. The molecular formula is C79H153N2O7P. The summed E-state index contributed by atoms with van der Waals surface area (Å²) in [5.41, 5.74) is 0. The largest absolute Gasteiger partial charge is 0.756 e. The summed E-state index contributed by atoms with van der Waals surface area (Å²) < 4.78 is 30.5. The van der Waals surface area contributed by atoms with Crippen molar-refractivity contribution in [2.24, 2.45) is 0 Å². The summed E-state index contributed by atoms with van der Waals surface area (Å²) in [5.74, 6) is -0.517. The van der Waals surface area contributed by atoms with Crippen molar-refractivity contribution in [3.05, 3.63) is 36.5 Å². The van der Waals surface area contributed by atoms with Crippen molar-refractivity contribution < 1.29 is 37.3 Å². The first-order chi connectivity index (χ1) is 43.4. The van der Waals surface area contributed by atoms with E-state index in [1.165, 1.54) is 308 Å². The Morgan fingerprint density at radius 2 is 0.685 bits per heavy atom. The summed E-state index contributed by atoms with van der Waals surface area (Å²) in [5, 5.41) is 3.06. The van der Waals surface area contributed by atoms with Crippen molar-refractivity contribution in [1.29, 1.82) is 0 Å². The molecule has 0 aromatic heterocycles. The number of hydrogen-bond donors (Lipinski definition) is 1. The maximum Gasteiger partial charge on any atom is 0.306 e. The molecule has 0 aromatic rings. The zero-order valence-corrected chi connectivity index (χ0v) is 61.3.